The number of amides is 1. The van der Waals surface area contributed by atoms with Gasteiger partial charge in [-0.25, -0.2) is 8.42 Å². The van der Waals surface area contributed by atoms with Crippen LogP contribution in [0.2, 0.25) is 0 Å². The summed E-state index contributed by atoms with van der Waals surface area (Å²) in [6.45, 7) is 1.92. The van der Waals surface area contributed by atoms with Crippen molar-refractivity contribution in [3.8, 4) is 0 Å². The van der Waals surface area contributed by atoms with Crippen molar-refractivity contribution in [2.75, 3.05) is 11.4 Å². The van der Waals surface area contributed by atoms with Crippen LogP contribution in [0.3, 0.4) is 0 Å². The Bertz CT molecular complexity index is 948. The molecule has 0 atom stereocenters. The maximum atomic E-state index is 13.1. The Kier molecular flexibility index (Phi) is 6.96. The summed E-state index contributed by atoms with van der Waals surface area (Å²) < 4.78 is 27.4. The normalized spacial score (nSPS) is 15.9. The maximum absolute atomic E-state index is 13.1. The van der Waals surface area contributed by atoms with E-state index in [-0.39, 0.29) is 16.8 Å². The lowest BCUT2D eigenvalue weighted by Gasteiger charge is -2.22. The summed E-state index contributed by atoms with van der Waals surface area (Å²) >= 11 is 0. The first-order valence-electron chi connectivity index (χ1n) is 10.3. The highest BCUT2D eigenvalue weighted by Crippen LogP contribution is 2.24. The van der Waals surface area contributed by atoms with E-state index in [2.05, 4.69) is 5.32 Å². The highest BCUT2D eigenvalue weighted by molar-refractivity contribution is 7.92. The first kappa shape index (κ1) is 21.4. The van der Waals surface area contributed by atoms with E-state index < -0.39 is 10.0 Å². The van der Waals surface area contributed by atoms with E-state index in [4.69, 9.17) is 0 Å². The molecule has 0 aromatic heterocycles. The van der Waals surface area contributed by atoms with Gasteiger partial charge in [0.2, 0.25) is 0 Å². The number of anilines is 1. The van der Waals surface area contributed by atoms with Gasteiger partial charge in [0.1, 0.15) is 0 Å². The fraction of sp³-hybridized carbons (Fsp3) is 0.435. The van der Waals surface area contributed by atoms with Crippen LogP contribution in [0.15, 0.2) is 53.4 Å². The second kappa shape index (κ2) is 9.44. The van der Waals surface area contributed by atoms with Gasteiger partial charge in [0, 0.05) is 18.7 Å². The standard InChI is InChI=1S/C23H30N2O3S/c1-18-10-8-14-21(16-18)25(2)29(27,28)22-15-9-11-19(17-22)23(26)24-20-12-6-4-3-5-7-13-20/h8-11,14-17,20H,3-7,12-13H2,1-2H3,(H,24,26). The molecule has 0 spiro atoms. The van der Waals surface area contributed by atoms with Gasteiger partial charge < -0.3 is 5.32 Å². The van der Waals surface area contributed by atoms with Crippen molar-refractivity contribution in [2.45, 2.75) is 62.8 Å². The second-order valence-corrected chi connectivity index (χ2v) is 9.82. The first-order chi connectivity index (χ1) is 13.9. The number of hydrogen-bond acceptors (Lipinski definition) is 3. The number of carbonyl (C=O) groups is 1. The van der Waals surface area contributed by atoms with Crippen molar-refractivity contribution < 1.29 is 13.2 Å². The Labute approximate surface area is 174 Å². The maximum Gasteiger partial charge on any atom is 0.264 e. The molecule has 29 heavy (non-hydrogen) atoms. The predicted molar refractivity (Wildman–Crippen MR) is 117 cm³/mol. The minimum Gasteiger partial charge on any atom is -0.349 e. The molecule has 0 bridgehead atoms. The smallest absolute Gasteiger partial charge is 0.264 e. The number of hydrogen-bond donors (Lipinski definition) is 1. The molecule has 0 unspecified atom stereocenters. The van der Waals surface area contributed by atoms with Gasteiger partial charge in [-0.2, -0.15) is 0 Å². The molecule has 156 valence electrons. The summed E-state index contributed by atoms with van der Waals surface area (Å²) in [5, 5.41) is 3.10. The van der Waals surface area contributed by atoms with E-state index in [0.717, 1.165) is 31.2 Å². The van der Waals surface area contributed by atoms with Crippen molar-refractivity contribution in [1.82, 2.24) is 5.32 Å². The highest BCUT2D eigenvalue weighted by atomic mass is 32.2. The highest BCUT2D eigenvalue weighted by Gasteiger charge is 2.23. The Morgan fingerprint density at radius 1 is 0.966 bits per heavy atom. The molecule has 5 nitrogen and oxygen atoms in total. The molecule has 2 aromatic rings. The average Bonchev–Trinajstić information content (AvgIpc) is 2.69. The number of nitrogens with one attached hydrogen (secondary N) is 1. The van der Waals surface area contributed by atoms with Gasteiger partial charge in [0.25, 0.3) is 15.9 Å². The molecule has 0 aliphatic heterocycles. The number of benzene rings is 2. The zero-order valence-electron chi connectivity index (χ0n) is 17.2. The molecule has 3 rings (SSSR count). The van der Waals surface area contributed by atoms with Crippen molar-refractivity contribution in [3.05, 3.63) is 59.7 Å². The van der Waals surface area contributed by atoms with Crippen LogP contribution in [-0.4, -0.2) is 27.4 Å². The Hall–Kier alpha value is -2.34. The molecule has 2 aromatic carbocycles. The SMILES string of the molecule is Cc1cccc(N(C)S(=O)(=O)c2cccc(C(=O)NC3CCCCCCC3)c2)c1. The van der Waals surface area contributed by atoms with Gasteiger partial charge in [-0.05, 0) is 55.7 Å². The predicted octanol–water partition coefficient (Wildman–Crippen LogP) is 4.66. The molecular formula is C23H30N2O3S. The van der Waals surface area contributed by atoms with Gasteiger partial charge >= 0.3 is 0 Å². The molecule has 0 radical (unpaired) electrons. The second-order valence-electron chi connectivity index (χ2n) is 7.85. The lowest BCUT2D eigenvalue weighted by Crippen LogP contribution is -2.35. The van der Waals surface area contributed by atoms with E-state index >= 15 is 0 Å². The van der Waals surface area contributed by atoms with E-state index in [9.17, 15) is 13.2 Å². The third-order valence-electron chi connectivity index (χ3n) is 5.56. The number of rotatable bonds is 5. The molecule has 0 saturated heterocycles. The van der Waals surface area contributed by atoms with Gasteiger partial charge in [-0.3, -0.25) is 9.10 Å². The van der Waals surface area contributed by atoms with E-state index in [0.29, 0.717) is 11.3 Å². The Morgan fingerprint density at radius 3 is 2.31 bits per heavy atom. The van der Waals surface area contributed by atoms with Crippen molar-refractivity contribution in [1.29, 1.82) is 0 Å². The molecular weight excluding hydrogens is 384 g/mol. The third kappa shape index (κ3) is 5.38. The molecule has 6 heteroatoms. The van der Waals surface area contributed by atoms with Crippen LogP contribution < -0.4 is 9.62 Å². The van der Waals surface area contributed by atoms with Crippen molar-refractivity contribution in [3.63, 3.8) is 0 Å². The minimum absolute atomic E-state index is 0.117. The van der Waals surface area contributed by atoms with Crippen LogP contribution in [0.4, 0.5) is 5.69 Å². The Balaban J connectivity index is 1.78. The average molecular weight is 415 g/mol. The van der Waals surface area contributed by atoms with Crippen molar-refractivity contribution >= 4 is 21.6 Å². The summed E-state index contributed by atoms with van der Waals surface area (Å²) in [7, 11) is -2.22. The van der Waals surface area contributed by atoms with Gasteiger partial charge in [0.15, 0.2) is 0 Å². The lowest BCUT2D eigenvalue weighted by molar-refractivity contribution is 0.0930. The van der Waals surface area contributed by atoms with Crippen LogP contribution in [0, 0.1) is 6.92 Å². The van der Waals surface area contributed by atoms with Crippen LogP contribution >= 0.6 is 0 Å². The van der Waals surface area contributed by atoms with E-state index in [1.807, 2.05) is 25.1 Å². The number of aryl methyl sites for hydroxylation is 1. The fourth-order valence-electron chi connectivity index (χ4n) is 3.79. The quantitative estimate of drug-likeness (QED) is 0.774. The molecule has 1 aliphatic rings. The molecule has 1 N–H and O–H groups in total. The molecule has 1 amide bonds. The summed E-state index contributed by atoms with van der Waals surface area (Å²) in [4.78, 5) is 12.9. The fourth-order valence-corrected chi connectivity index (χ4v) is 5.02. The van der Waals surface area contributed by atoms with Crippen LogP contribution in [-0.2, 0) is 10.0 Å². The van der Waals surface area contributed by atoms with Gasteiger partial charge in [-0.1, -0.05) is 50.3 Å². The number of sulfonamides is 1. The van der Waals surface area contributed by atoms with Crippen LogP contribution in [0.5, 0.6) is 0 Å². The van der Waals surface area contributed by atoms with Gasteiger partial charge in [-0.15, -0.1) is 0 Å². The number of nitrogens with zero attached hydrogens (tertiary/aromatic N) is 1. The lowest BCUT2D eigenvalue weighted by atomic mass is 9.96. The zero-order chi connectivity index (χ0) is 20.9. The molecule has 1 saturated carbocycles. The summed E-state index contributed by atoms with van der Waals surface area (Å²) in [5.74, 6) is -0.203. The first-order valence-corrected chi connectivity index (χ1v) is 11.8. The monoisotopic (exact) mass is 414 g/mol. The van der Waals surface area contributed by atoms with Gasteiger partial charge in [0.05, 0.1) is 10.6 Å². The summed E-state index contributed by atoms with van der Waals surface area (Å²) in [5.41, 5.74) is 1.96. The van der Waals surface area contributed by atoms with Crippen molar-refractivity contribution in [2.24, 2.45) is 0 Å². The summed E-state index contributed by atoms with van der Waals surface area (Å²) in [6, 6.07) is 13.8. The third-order valence-corrected chi connectivity index (χ3v) is 7.34. The minimum atomic E-state index is -3.76. The van der Waals surface area contributed by atoms with E-state index in [1.54, 1.807) is 18.2 Å². The summed E-state index contributed by atoms with van der Waals surface area (Å²) in [6.07, 6.45) is 7.92. The topological polar surface area (TPSA) is 66.5 Å². The Morgan fingerprint density at radius 2 is 1.62 bits per heavy atom. The van der Waals surface area contributed by atoms with Crippen LogP contribution in [0.1, 0.15) is 60.9 Å². The van der Waals surface area contributed by atoms with Crippen LogP contribution in [0.25, 0.3) is 0 Å². The van der Waals surface area contributed by atoms with E-state index in [1.165, 1.54) is 42.7 Å². The molecule has 1 fully saturated rings. The molecule has 1 aliphatic carbocycles. The number of carbonyl (C=O) groups excluding carboxylic acids is 1. The molecule has 0 heterocycles. The largest absolute Gasteiger partial charge is 0.349 e. The zero-order valence-corrected chi connectivity index (χ0v) is 18.0.